The molecule has 196 valence electrons. The van der Waals surface area contributed by atoms with Crippen molar-refractivity contribution in [2.45, 2.75) is 43.5 Å². The number of carbonyl (C=O) groups excluding carboxylic acids is 2. The van der Waals surface area contributed by atoms with Crippen LogP contribution in [0.1, 0.15) is 37.3 Å². The summed E-state index contributed by atoms with van der Waals surface area (Å²) in [6, 6.07) is 21.8. The lowest BCUT2D eigenvalue weighted by molar-refractivity contribution is -0.138. The number of benzene rings is 3. The normalized spacial score (nSPS) is 28.9. The van der Waals surface area contributed by atoms with E-state index in [9.17, 15) is 14.9 Å². The number of hydrogen-bond donors (Lipinski definition) is 0. The summed E-state index contributed by atoms with van der Waals surface area (Å²) in [6.45, 7) is 2.24. The molecule has 8 heteroatoms. The predicted molar refractivity (Wildman–Crippen MR) is 142 cm³/mol. The second-order valence-electron chi connectivity index (χ2n) is 10.4. The summed E-state index contributed by atoms with van der Waals surface area (Å²) in [5, 5.41) is 20.0. The van der Waals surface area contributed by atoms with Gasteiger partial charge >= 0.3 is 0 Å². The standard InChI is InChI=1S/C31H27N3O5/c1-3-31-25(37-2)16-30(39-31,14-15-38-21-11-8-19(17-32)9-12-21)26-27(31)29(36)34(28(26)35)24-13-10-20(18-33)22-6-4-5-7-23(22)24/h4-13,25-27H,3,14-16H2,1-2H3/t25-,26+,27?,30?,31?/m0/s1. The van der Waals surface area contributed by atoms with Crippen molar-refractivity contribution in [1.82, 2.24) is 0 Å². The molecule has 0 aliphatic carbocycles. The highest BCUT2D eigenvalue weighted by molar-refractivity contribution is 6.26. The zero-order chi connectivity index (χ0) is 27.4. The van der Waals surface area contributed by atoms with Gasteiger partial charge in [0.1, 0.15) is 11.4 Å². The summed E-state index contributed by atoms with van der Waals surface area (Å²) in [5.74, 6) is -1.32. The van der Waals surface area contributed by atoms with Crippen LogP contribution in [0.5, 0.6) is 5.75 Å². The number of nitrogens with zero attached hydrogens (tertiary/aromatic N) is 3. The quantitative estimate of drug-likeness (QED) is 0.421. The van der Waals surface area contributed by atoms with E-state index in [2.05, 4.69) is 12.1 Å². The minimum atomic E-state index is -0.919. The molecular formula is C31H27N3O5. The number of hydrogen-bond acceptors (Lipinski definition) is 7. The van der Waals surface area contributed by atoms with Crippen LogP contribution in [0.3, 0.4) is 0 Å². The van der Waals surface area contributed by atoms with E-state index in [1.165, 1.54) is 4.90 Å². The first-order valence-electron chi connectivity index (χ1n) is 13.1. The van der Waals surface area contributed by atoms with Crippen LogP contribution in [-0.2, 0) is 19.1 Å². The van der Waals surface area contributed by atoms with E-state index in [1.807, 2.05) is 31.2 Å². The van der Waals surface area contributed by atoms with Crippen molar-refractivity contribution in [2.24, 2.45) is 11.8 Å². The van der Waals surface area contributed by atoms with Crippen molar-refractivity contribution in [2.75, 3.05) is 18.6 Å². The molecule has 0 N–H and O–H groups in total. The van der Waals surface area contributed by atoms with E-state index >= 15 is 0 Å². The summed E-state index contributed by atoms with van der Waals surface area (Å²) in [4.78, 5) is 29.7. The first kappa shape index (κ1) is 25.1. The van der Waals surface area contributed by atoms with Crippen LogP contribution in [0.25, 0.3) is 10.8 Å². The highest BCUT2D eigenvalue weighted by Crippen LogP contribution is 2.64. The van der Waals surface area contributed by atoms with Gasteiger partial charge in [-0.2, -0.15) is 10.5 Å². The van der Waals surface area contributed by atoms with E-state index in [1.54, 1.807) is 43.5 Å². The molecule has 6 rings (SSSR count). The van der Waals surface area contributed by atoms with Crippen LogP contribution in [0.2, 0.25) is 0 Å². The maximum absolute atomic E-state index is 14.2. The van der Waals surface area contributed by atoms with Crippen molar-refractivity contribution in [3.63, 3.8) is 0 Å². The molecule has 3 aliphatic heterocycles. The third-order valence-electron chi connectivity index (χ3n) is 8.75. The Morgan fingerprint density at radius 3 is 2.36 bits per heavy atom. The average Bonchev–Trinajstić information content (AvgIpc) is 3.56. The van der Waals surface area contributed by atoms with Crippen molar-refractivity contribution < 1.29 is 23.8 Å². The molecule has 2 bridgehead atoms. The maximum Gasteiger partial charge on any atom is 0.240 e. The molecule has 3 saturated heterocycles. The van der Waals surface area contributed by atoms with Crippen molar-refractivity contribution in [3.8, 4) is 17.9 Å². The Morgan fingerprint density at radius 2 is 1.69 bits per heavy atom. The fourth-order valence-corrected chi connectivity index (χ4v) is 7.01. The van der Waals surface area contributed by atoms with Gasteiger partial charge in [0.2, 0.25) is 11.8 Å². The molecule has 3 heterocycles. The first-order chi connectivity index (χ1) is 18.9. The minimum Gasteiger partial charge on any atom is -0.493 e. The number of nitriles is 2. The van der Waals surface area contributed by atoms with Crippen LogP contribution in [0.4, 0.5) is 5.69 Å². The number of amides is 2. The van der Waals surface area contributed by atoms with Crippen LogP contribution in [0, 0.1) is 34.5 Å². The van der Waals surface area contributed by atoms with Crippen molar-refractivity contribution in [1.29, 1.82) is 10.5 Å². The summed E-state index contributed by atoms with van der Waals surface area (Å²) in [6.07, 6.45) is 1.06. The molecule has 3 unspecified atom stereocenters. The molecule has 5 atom stereocenters. The van der Waals surface area contributed by atoms with Crippen LogP contribution in [0.15, 0.2) is 60.7 Å². The van der Waals surface area contributed by atoms with Gasteiger partial charge in [-0.15, -0.1) is 0 Å². The van der Waals surface area contributed by atoms with Gasteiger partial charge in [-0.25, -0.2) is 4.90 Å². The molecule has 39 heavy (non-hydrogen) atoms. The molecule has 8 nitrogen and oxygen atoms in total. The van der Waals surface area contributed by atoms with E-state index in [0.717, 1.165) is 0 Å². The van der Waals surface area contributed by atoms with Gasteiger partial charge in [0.05, 0.1) is 59.1 Å². The Labute approximate surface area is 226 Å². The molecular weight excluding hydrogens is 494 g/mol. The van der Waals surface area contributed by atoms with E-state index in [4.69, 9.17) is 19.5 Å². The van der Waals surface area contributed by atoms with Gasteiger partial charge in [0, 0.05) is 30.7 Å². The average molecular weight is 522 g/mol. The summed E-state index contributed by atoms with van der Waals surface area (Å²) in [7, 11) is 1.62. The lowest BCUT2D eigenvalue weighted by Gasteiger charge is -2.36. The zero-order valence-electron chi connectivity index (χ0n) is 21.7. The summed E-state index contributed by atoms with van der Waals surface area (Å²) >= 11 is 0. The van der Waals surface area contributed by atoms with Gasteiger partial charge in [-0.1, -0.05) is 31.2 Å². The van der Waals surface area contributed by atoms with E-state index in [-0.39, 0.29) is 24.5 Å². The lowest BCUT2D eigenvalue weighted by atomic mass is 9.64. The number of imide groups is 1. The first-order valence-corrected chi connectivity index (χ1v) is 13.1. The molecule has 0 aromatic heterocycles. The molecule has 2 amide bonds. The predicted octanol–water partition coefficient (Wildman–Crippen LogP) is 4.49. The minimum absolute atomic E-state index is 0.270. The molecule has 0 spiro atoms. The number of methoxy groups -OCH3 is 1. The molecule has 3 fully saturated rings. The summed E-state index contributed by atoms with van der Waals surface area (Å²) < 4.78 is 18.6. The fourth-order valence-electron chi connectivity index (χ4n) is 7.01. The lowest BCUT2D eigenvalue weighted by Crippen LogP contribution is -2.51. The smallest absolute Gasteiger partial charge is 0.240 e. The Balaban J connectivity index is 1.37. The van der Waals surface area contributed by atoms with Gasteiger partial charge in [0.25, 0.3) is 0 Å². The van der Waals surface area contributed by atoms with E-state index < -0.39 is 23.0 Å². The third kappa shape index (κ3) is 3.49. The number of carbonyl (C=O) groups is 2. The van der Waals surface area contributed by atoms with Crippen molar-refractivity contribution >= 4 is 28.3 Å². The van der Waals surface area contributed by atoms with Crippen LogP contribution < -0.4 is 9.64 Å². The largest absolute Gasteiger partial charge is 0.493 e. The third-order valence-corrected chi connectivity index (χ3v) is 8.75. The Morgan fingerprint density at radius 1 is 0.974 bits per heavy atom. The number of rotatable bonds is 7. The molecule has 3 aliphatic rings. The van der Waals surface area contributed by atoms with Gasteiger partial charge in [-0.3, -0.25) is 9.59 Å². The van der Waals surface area contributed by atoms with Crippen LogP contribution in [-0.4, -0.2) is 42.8 Å². The second-order valence-corrected chi connectivity index (χ2v) is 10.4. The van der Waals surface area contributed by atoms with E-state index in [0.29, 0.717) is 52.6 Å². The molecule has 0 saturated carbocycles. The number of ether oxygens (including phenoxy) is 3. The highest BCUT2D eigenvalue weighted by Gasteiger charge is 2.78. The van der Waals surface area contributed by atoms with Crippen molar-refractivity contribution in [3.05, 3.63) is 71.8 Å². The fraction of sp³-hybridized carbons (Fsp3) is 0.355. The second kappa shape index (κ2) is 9.20. The highest BCUT2D eigenvalue weighted by atomic mass is 16.6. The molecule has 3 aromatic carbocycles. The number of fused-ring (bicyclic) bond motifs is 6. The zero-order valence-corrected chi connectivity index (χ0v) is 21.7. The molecule has 0 radical (unpaired) electrons. The van der Waals surface area contributed by atoms with Gasteiger partial charge in [-0.05, 0) is 42.8 Å². The van der Waals surface area contributed by atoms with Gasteiger partial charge < -0.3 is 14.2 Å². The summed E-state index contributed by atoms with van der Waals surface area (Å²) in [5.41, 5.74) is -0.328. The monoisotopic (exact) mass is 521 g/mol. The molecule has 3 aromatic rings. The maximum atomic E-state index is 14.2. The SMILES string of the molecule is CCC12OC(CCOc3ccc(C#N)cc3)(C[C@@H]1OC)[C@H]1C(=O)N(c3ccc(C#N)c4ccccc34)C(=O)C12. The Hall–Kier alpha value is -4.24. The number of anilines is 1. The Bertz CT molecular complexity index is 1570. The topological polar surface area (TPSA) is 113 Å². The Kier molecular flexibility index (Phi) is 5.91. The van der Waals surface area contributed by atoms with Gasteiger partial charge in [0.15, 0.2) is 0 Å². The van der Waals surface area contributed by atoms with Crippen LogP contribution >= 0.6 is 0 Å².